The van der Waals surface area contributed by atoms with E-state index in [0.717, 1.165) is 6.07 Å². The van der Waals surface area contributed by atoms with Crippen LogP contribution >= 0.6 is 23.2 Å². The second-order valence-electron chi connectivity index (χ2n) is 4.55. The van der Waals surface area contributed by atoms with E-state index in [1.165, 1.54) is 20.3 Å². The van der Waals surface area contributed by atoms with Gasteiger partial charge >= 0.3 is 0 Å². The zero-order valence-corrected chi connectivity index (χ0v) is 14.8. The van der Waals surface area contributed by atoms with Crippen LogP contribution in [-0.4, -0.2) is 49.4 Å². The van der Waals surface area contributed by atoms with E-state index < -0.39 is 34.7 Å². The minimum atomic E-state index is -1.07. The van der Waals surface area contributed by atoms with Gasteiger partial charge in [-0.05, 0) is 29.3 Å². The maximum atomic E-state index is 11.4. The van der Waals surface area contributed by atoms with E-state index in [-0.39, 0.29) is 29.4 Å². The molecule has 1 atom stereocenters. The predicted molar refractivity (Wildman–Crippen MR) is 87.4 cm³/mol. The maximum absolute atomic E-state index is 11.4. The van der Waals surface area contributed by atoms with Crippen LogP contribution in [0.15, 0.2) is 12.1 Å². The van der Waals surface area contributed by atoms with E-state index in [1.807, 2.05) is 0 Å². The zero-order chi connectivity index (χ0) is 19.0. The lowest BCUT2D eigenvalue weighted by atomic mass is 10.1. The van der Waals surface area contributed by atoms with Crippen molar-refractivity contribution >= 4 is 39.4 Å². The Morgan fingerprint density at radius 2 is 1.68 bits per heavy atom. The van der Waals surface area contributed by atoms with E-state index in [1.54, 1.807) is 0 Å². The van der Waals surface area contributed by atoms with Gasteiger partial charge in [-0.15, -0.1) is 0 Å². The molecule has 0 aliphatic carbocycles. The number of carbonyl (C=O) groups is 2. The summed E-state index contributed by atoms with van der Waals surface area (Å²) in [6, 6.07) is 2.48. The number of carbonyl (C=O) groups excluding carboxylic acids is 2. The van der Waals surface area contributed by atoms with Gasteiger partial charge in [0.2, 0.25) is 10.5 Å². The minimum absolute atomic E-state index is 0.0580. The number of nitro benzene ring substituents is 1. The average molecular weight is 396 g/mol. The molecule has 0 radical (unpaired) electrons. The molecule has 0 saturated heterocycles. The number of nitro groups is 1. The summed E-state index contributed by atoms with van der Waals surface area (Å²) in [6.45, 7) is -1.23. The number of hydrogen-bond acceptors (Lipinski definition) is 8. The number of benzene rings is 1. The maximum Gasteiger partial charge on any atom is 0.279 e. The Morgan fingerprint density at radius 1 is 1.12 bits per heavy atom. The lowest BCUT2D eigenvalue weighted by Gasteiger charge is -2.19. The SMILES string of the molecule is COc1cc(C(COCC(=O)Cl)OCC(=O)Cl)c([N+](=O)[O-])cc1OC. The summed E-state index contributed by atoms with van der Waals surface area (Å²) in [7, 11) is 2.69. The summed E-state index contributed by atoms with van der Waals surface area (Å²) < 4.78 is 20.5. The molecule has 1 aromatic carbocycles. The molecule has 0 saturated carbocycles. The van der Waals surface area contributed by atoms with Crippen LogP contribution in [0.2, 0.25) is 0 Å². The number of nitrogens with zero attached hydrogens (tertiary/aromatic N) is 1. The molecule has 1 unspecified atom stereocenters. The normalized spacial score (nSPS) is 11.7. The molecular formula is C14H15Cl2NO8. The summed E-state index contributed by atoms with van der Waals surface area (Å²) in [5.74, 6) is 0.351. The first kappa shape index (κ1) is 21.1. The molecule has 0 heterocycles. The second kappa shape index (κ2) is 10.1. The predicted octanol–water partition coefficient (Wildman–Crippen LogP) is 2.22. The van der Waals surface area contributed by atoms with E-state index in [4.69, 9.17) is 42.1 Å². The Balaban J connectivity index is 3.25. The second-order valence-corrected chi connectivity index (χ2v) is 5.39. The third-order valence-corrected chi connectivity index (χ3v) is 3.18. The molecule has 0 fully saturated rings. The highest BCUT2D eigenvalue weighted by Gasteiger charge is 2.27. The van der Waals surface area contributed by atoms with E-state index in [2.05, 4.69) is 0 Å². The van der Waals surface area contributed by atoms with Crippen LogP contribution in [0.1, 0.15) is 11.7 Å². The van der Waals surface area contributed by atoms with Gasteiger partial charge in [-0.1, -0.05) is 0 Å². The summed E-state index contributed by atoms with van der Waals surface area (Å²) in [6.07, 6.45) is -1.07. The molecule has 11 heteroatoms. The van der Waals surface area contributed by atoms with Crippen LogP contribution in [0.25, 0.3) is 0 Å². The van der Waals surface area contributed by atoms with Gasteiger partial charge in [0, 0.05) is 0 Å². The number of halogens is 2. The molecule has 0 aromatic heterocycles. The fourth-order valence-corrected chi connectivity index (χ4v) is 2.08. The van der Waals surface area contributed by atoms with Gasteiger partial charge in [-0.25, -0.2) is 0 Å². The quantitative estimate of drug-likeness (QED) is 0.318. The Labute approximate surface area is 152 Å². The Hall–Kier alpha value is -1.94. The van der Waals surface area contributed by atoms with Crippen molar-refractivity contribution in [2.75, 3.05) is 34.0 Å². The third kappa shape index (κ3) is 6.46. The zero-order valence-electron chi connectivity index (χ0n) is 13.3. The van der Waals surface area contributed by atoms with Crippen molar-refractivity contribution in [1.82, 2.24) is 0 Å². The summed E-state index contributed by atoms with van der Waals surface area (Å²) in [5.41, 5.74) is -0.284. The molecule has 9 nitrogen and oxygen atoms in total. The lowest BCUT2D eigenvalue weighted by Crippen LogP contribution is -2.18. The average Bonchev–Trinajstić information content (AvgIpc) is 2.56. The van der Waals surface area contributed by atoms with Crippen LogP contribution in [0.3, 0.4) is 0 Å². The van der Waals surface area contributed by atoms with Gasteiger partial charge in [0.25, 0.3) is 5.69 Å². The monoisotopic (exact) mass is 395 g/mol. The minimum Gasteiger partial charge on any atom is -0.493 e. The molecule has 1 rings (SSSR count). The first-order chi connectivity index (χ1) is 11.8. The summed E-state index contributed by atoms with van der Waals surface area (Å²) in [5, 5.41) is 9.80. The van der Waals surface area contributed by atoms with Crippen LogP contribution in [-0.2, 0) is 19.1 Å². The molecule has 0 aliphatic rings. The number of ether oxygens (including phenoxy) is 4. The molecule has 0 amide bonds. The number of rotatable bonds is 11. The first-order valence-corrected chi connectivity index (χ1v) is 7.52. The molecule has 0 aliphatic heterocycles. The van der Waals surface area contributed by atoms with Crippen molar-refractivity contribution in [3.05, 3.63) is 27.8 Å². The van der Waals surface area contributed by atoms with E-state index in [0.29, 0.717) is 0 Å². The highest BCUT2D eigenvalue weighted by molar-refractivity contribution is 6.64. The highest BCUT2D eigenvalue weighted by Crippen LogP contribution is 2.38. The summed E-state index contributed by atoms with van der Waals surface area (Å²) in [4.78, 5) is 32.4. The van der Waals surface area contributed by atoms with Crippen molar-refractivity contribution < 1.29 is 33.5 Å². The molecule has 138 valence electrons. The highest BCUT2D eigenvalue weighted by atomic mass is 35.5. The fourth-order valence-electron chi connectivity index (χ4n) is 1.94. The van der Waals surface area contributed by atoms with Gasteiger partial charge in [-0.3, -0.25) is 19.7 Å². The van der Waals surface area contributed by atoms with E-state index >= 15 is 0 Å². The number of hydrogen-bond donors (Lipinski definition) is 0. The van der Waals surface area contributed by atoms with Gasteiger partial charge in [0.05, 0.1) is 37.4 Å². The molecule has 0 bridgehead atoms. The third-order valence-electron chi connectivity index (χ3n) is 2.96. The molecule has 1 aromatic rings. The van der Waals surface area contributed by atoms with Crippen molar-refractivity contribution in [2.24, 2.45) is 0 Å². The smallest absolute Gasteiger partial charge is 0.279 e. The van der Waals surface area contributed by atoms with Crippen LogP contribution in [0.4, 0.5) is 5.69 Å². The van der Waals surface area contributed by atoms with Crippen molar-refractivity contribution in [1.29, 1.82) is 0 Å². The van der Waals surface area contributed by atoms with Crippen LogP contribution in [0, 0.1) is 10.1 Å². The molecule has 0 spiro atoms. The van der Waals surface area contributed by atoms with Crippen molar-refractivity contribution in [2.45, 2.75) is 6.10 Å². The van der Waals surface area contributed by atoms with Crippen molar-refractivity contribution in [3.8, 4) is 11.5 Å². The first-order valence-electron chi connectivity index (χ1n) is 6.76. The molecule has 25 heavy (non-hydrogen) atoms. The largest absolute Gasteiger partial charge is 0.493 e. The fraction of sp³-hybridized carbons (Fsp3) is 0.429. The Kier molecular flexibility index (Phi) is 8.56. The van der Waals surface area contributed by atoms with Crippen LogP contribution < -0.4 is 9.47 Å². The van der Waals surface area contributed by atoms with Crippen molar-refractivity contribution in [3.63, 3.8) is 0 Å². The summed E-state index contributed by atoms with van der Waals surface area (Å²) >= 11 is 10.4. The van der Waals surface area contributed by atoms with Gasteiger partial charge in [-0.2, -0.15) is 0 Å². The topological polar surface area (TPSA) is 114 Å². The number of methoxy groups -OCH3 is 2. The van der Waals surface area contributed by atoms with Gasteiger partial charge in [0.1, 0.15) is 19.3 Å². The Bertz CT molecular complexity index is 652. The lowest BCUT2D eigenvalue weighted by molar-refractivity contribution is -0.386. The molecule has 0 N–H and O–H groups in total. The van der Waals surface area contributed by atoms with E-state index in [9.17, 15) is 19.7 Å². The Morgan fingerprint density at radius 3 is 2.16 bits per heavy atom. The van der Waals surface area contributed by atoms with Gasteiger partial charge in [0.15, 0.2) is 11.5 Å². The van der Waals surface area contributed by atoms with Gasteiger partial charge < -0.3 is 18.9 Å². The standard InChI is InChI=1S/C14H15Cl2NO8/c1-22-10-3-8(9(17(20)21)4-11(10)23-2)12(25-7-14(16)19)5-24-6-13(15)18/h3-4,12H,5-7H2,1-2H3. The van der Waals surface area contributed by atoms with Crippen LogP contribution in [0.5, 0.6) is 11.5 Å². The molecular weight excluding hydrogens is 381 g/mol.